The number of hydrogen-bond acceptors (Lipinski definition) is 7. The minimum atomic E-state index is -1.66. The number of ether oxygens (including phenoxy) is 2. The summed E-state index contributed by atoms with van der Waals surface area (Å²) in [7, 11) is 0. The maximum atomic E-state index is 13.4. The van der Waals surface area contributed by atoms with E-state index in [1.165, 1.54) is 48.5 Å². The van der Waals surface area contributed by atoms with E-state index in [0.717, 1.165) is 0 Å². The van der Waals surface area contributed by atoms with Gasteiger partial charge in [-0.1, -0.05) is 20.8 Å². The Bertz CT molecular complexity index is 1380. The Balaban J connectivity index is 1.93. The number of esters is 1. The van der Waals surface area contributed by atoms with Gasteiger partial charge in [0.05, 0.1) is 11.1 Å². The zero-order chi connectivity index (χ0) is 24.6. The zero-order valence-corrected chi connectivity index (χ0v) is 18.5. The highest BCUT2D eigenvalue weighted by atomic mass is 16.6. The number of fused-ring (bicyclic) bond motifs is 6. The van der Waals surface area contributed by atoms with Crippen molar-refractivity contribution in [1.82, 2.24) is 0 Å². The summed E-state index contributed by atoms with van der Waals surface area (Å²) in [5.41, 5.74) is -1.96. The highest BCUT2D eigenvalue weighted by molar-refractivity contribution is 6.12. The first kappa shape index (κ1) is 21.5. The quantitative estimate of drug-likeness (QED) is 0.374. The van der Waals surface area contributed by atoms with E-state index in [9.17, 15) is 29.7 Å². The minimum absolute atomic E-state index is 0.0233. The Morgan fingerprint density at radius 2 is 1.41 bits per heavy atom. The summed E-state index contributed by atoms with van der Waals surface area (Å²) in [6, 6.07) is 11.0. The number of carbonyl (C=O) groups excluding carboxylic acids is 2. The predicted octanol–water partition coefficient (Wildman–Crippen LogP) is 4.59. The molecular formula is C26H20O8. The lowest BCUT2D eigenvalue weighted by molar-refractivity contribution is 0.0223. The topological polar surface area (TPSA) is 130 Å². The third kappa shape index (κ3) is 2.88. The molecule has 0 saturated heterocycles. The molecule has 2 heterocycles. The van der Waals surface area contributed by atoms with Gasteiger partial charge in [-0.25, -0.2) is 9.59 Å². The van der Waals surface area contributed by atoms with Gasteiger partial charge in [0.15, 0.2) is 11.4 Å². The predicted molar refractivity (Wildman–Crippen MR) is 119 cm³/mol. The number of aromatic hydroxyl groups is 2. The van der Waals surface area contributed by atoms with E-state index in [1.807, 2.05) is 0 Å². The largest absolute Gasteiger partial charge is 0.508 e. The van der Waals surface area contributed by atoms with E-state index in [2.05, 4.69) is 0 Å². The lowest BCUT2D eigenvalue weighted by Crippen LogP contribution is -2.33. The van der Waals surface area contributed by atoms with Gasteiger partial charge in [0, 0.05) is 39.8 Å². The van der Waals surface area contributed by atoms with E-state index in [-0.39, 0.29) is 45.3 Å². The number of carboxylic acid groups (broad SMARTS) is 1. The number of ketones is 1. The summed E-state index contributed by atoms with van der Waals surface area (Å²) in [4.78, 5) is 38.7. The fourth-order valence-electron chi connectivity index (χ4n) is 4.53. The van der Waals surface area contributed by atoms with Gasteiger partial charge >= 0.3 is 11.9 Å². The molecule has 0 aromatic heterocycles. The van der Waals surface area contributed by atoms with Crippen LogP contribution in [-0.4, -0.2) is 33.0 Å². The molecule has 0 radical (unpaired) electrons. The molecule has 2 aliphatic heterocycles. The highest BCUT2D eigenvalue weighted by Gasteiger charge is 2.55. The molecule has 2 aliphatic rings. The molecule has 0 bridgehead atoms. The summed E-state index contributed by atoms with van der Waals surface area (Å²) >= 11 is 0. The standard InChI is InChI=1S/C26H20O8/c1-25(2,3)22(29)15-8-12(23(30)31)9-18-21(15)24(32)34-26(18)16-6-4-13(27)10-19(16)33-20-11-14(28)5-7-17(20)26/h4-11,27-28H,1-3H3,(H,30,31). The summed E-state index contributed by atoms with van der Waals surface area (Å²) in [6.07, 6.45) is 0. The summed E-state index contributed by atoms with van der Waals surface area (Å²) in [5, 5.41) is 29.9. The van der Waals surface area contributed by atoms with Gasteiger partial charge in [-0.05, 0) is 36.4 Å². The number of rotatable bonds is 2. The molecule has 3 aromatic rings. The van der Waals surface area contributed by atoms with Crippen molar-refractivity contribution in [2.45, 2.75) is 26.4 Å². The van der Waals surface area contributed by atoms with Crippen molar-refractivity contribution in [1.29, 1.82) is 0 Å². The van der Waals surface area contributed by atoms with Crippen LogP contribution in [0.1, 0.15) is 68.5 Å². The van der Waals surface area contributed by atoms with Crippen LogP contribution in [0.25, 0.3) is 0 Å². The first-order valence-corrected chi connectivity index (χ1v) is 10.5. The SMILES string of the molecule is CC(C)(C)C(=O)c1cc(C(=O)O)cc2c1C(=O)OC21c2ccc(O)cc2Oc2cc(O)ccc21. The van der Waals surface area contributed by atoms with Gasteiger partial charge in [-0.3, -0.25) is 4.79 Å². The Kier molecular flexibility index (Phi) is 4.32. The van der Waals surface area contributed by atoms with Crippen LogP contribution in [0.2, 0.25) is 0 Å². The van der Waals surface area contributed by atoms with E-state index in [0.29, 0.717) is 11.1 Å². The molecule has 8 heteroatoms. The maximum Gasteiger partial charge on any atom is 0.340 e. The first-order chi connectivity index (χ1) is 15.9. The molecule has 34 heavy (non-hydrogen) atoms. The first-order valence-electron chi connectivity index (χ1n) is 10.5. The van der Waals surface area contributed by atoms with Crippen LogP contribution in [-0.2, 0) is 10.3 Å². The maximum absolute atomic E-state index is 13.4. The van der Waals surface area contributed by atoms with E-state index in [1.54, 1.807) is 20.8 Å². The molecule has 1 spiro atoms. The van der Waals surface area contributed by atoms with Crippen LogP contribution in [0.5, 0.6) is 23.0 Å². The number of phenols is 2. The van der Waals surface area contributed by atoms with Gasteiger partial charge in [0.1, 0.15) is 23.0 Å². The molecule has 8 nitrogen and oxygen atoms in total. The molecule has 0 amide bonds. The third-order valence-electron chi connectivity index (χ3n) is 6.05. The second-order valence-corrected chi connectivity index (χ2v) is 9.36. The molecule has 0 aliphatic carbocycles. The number of benzene rings is 3. The number of carbonyl (C=O) groups is 3. The van der Waals surface area contributed by atoms with Gasteiger partial charge in [0.2, 0.25) is 0 Å². The number of aromatic carboxylic acids is 1. The highest BCUT2D eigenvalue weighted by Crippen LogP contribution is 2.57. The molecule has 0 unspecified atom stereocenters. The van der Waals surface area contributed by atoms with Crippen molar-refractivity contribution in [2.24, 2.45) is 5.41 Å². The summed E-state index contributed by atoms with van der Waals surface area (Å²) in [6.45, 7) is 5.03. The lowest BCUT2D eigenvalue weighted by Gasteiger charge is -2.36. The fraction of sp³-hybridized carbons (Fsp3) is 0.192. The van der Waals surface area contributed by atoms with Crippen LogP contribution in [0, 0.1) is 5.41 Å². The number of Topliss-reactive ketones (excluding diaryl/α,β-unsaturated/α-hetero) is 1. The van der Waals surface area contributed by atoms with Gasteiger partial charge in [-0.15, -0.1) is 0 Å². The lowest BCUT2D eigenvalue weighted by atomic mass is 9.75. The average Bonchev–Trinajstić information content (AvgIpc) is 3.04. The number of phenolic OH excluding ortho intramolecular Hbond substituents is 2. The summed E-state index contributed by atoms with van der Waals surface area (Å²) < 4.78 is 11.9. The van der Waals surface area contributed by atoms with Crippen LogP contribution < -0.4 is 4.74 Å². The Labute approximate surface area is 194 Å². The second kappa shape index (κ2) is 6.84. The normalized spacial score (nSPS) is 15.1. The van der Waals surface area contributed by atoms with Gasteiger partial charge < -0.3 is 24.8 Å². The molecule has 3 aromatic carbocycles. The molecule has 0 saturated carbocycles. The van der Waals surface area contributed by atoms with Crippen molar-refractivity contribution < 1.29 is 39.2 Å². The molecule has 0 atom stereocenters. The van der Waals surface area contributed by atoms with Crippen LogP contribution in [0.3, 0.4) is 0 Å². The Morgan fingerprint density at radius 3 is 1.91 bits per heavy atom. The Morgan fingerprint density at radius 1 is 0.853 bits per heavy atom. The number of hydrogen-bond donors (Lipinski definition) is 3. The van der Waals surface area contributed by atoms with Crippen molar-refractivity contribution in [2.75, 3.05) is 0 Å². The molecule has 5 rings (SSSR count). The van der Waals surface area contributed by atoms with Gasteiger partial charge in [0.25, 0.3) is 0 Å². The fourth-order valence-corrected chi connectivity index (χ4v) is 4.53. The average molecular weight is 460 g/mol. The molecule has 3 N–H and O–H groups in total. The zero-order valence-electron chi connectivity index (χ0n) is 18.5. The molecule has 172 valence electrons. The van der Waals surface area contributed by atoms with E-state index >= 15 is 0 Å². The molecular weight excluding hydrogens is 440 g/mol. The molecule has 0 fully saturated rings. The van der Waals surface area contributed by atoms with Crippen LogP contribution >= 0.6 is 0 Å². The van der Waals surface area contributed by atoms with Crippen molar-refractivity contribution in [3.63, 3.8) is 0 Å². The van der Waals surface area contributed by atoms with Gasteiger partial charge in [-0.2, -0.15) is 0 Å². The van der Waals surface area contributed by atoms with Crippen molar-refractivity contribution >= 4 is 17.7 Å². The number of carboxylic acids is 1. The third-order valence-corrected chi connectivity index (χ3v) is 6.05. The van der Waals surface area contributed by atoms with E-state index in [4.69, 9.17) is 9.47 Å². The Hall–Kier alpha value is -4.33. The van der Waals surface area contributed by atoms with Crippen molar-refractivity contribution in [3.8, 4) is 23.0 Å². The smallest absolute Gasteiger partial charge is 0.340 e. The second-order valence-electron chi connectivity index (χ2n) is 9.36. The van der Waals surface area contributed by atoms with Crippen molar-refractivity contribution in [3.05, 3.63) is 81.9 Å². The minimum Gasteiger partial charge on any atom is -0.508 e. The summed E-state index contributed by atoms with van der Waals surface area (Å²) in [5.74, 6) is -2.38. The monoisotopic (exact) mass is 460 g/mol. The van der Waals surface area contributed by atoms with E-state index < -0.39 is 28.7 Å². The van der Waals surface area contributed by atoms with Crippen LogP contribution in [0.4, 0.5) is 0 Å². The van der Waals surface area contributed by atoms with Crippen LogP contribution in [0.15, 0.2) is 48.5 Å².